The van der Waals surface area contributed by atoms with Crippen LogP contribution in [0.15, 0.2) is 58.5 Å². The summed E-state index contributed by atoms with van der Waals surface area (Å²) in [6.07, 6.45) is 0. The molecule has 4 rings (SSSR count). The van der Waals surface area contributed by atoms with Gasteiger partial charge < -0.3 is 14.2 Å². The van der Waals surface area contributed by atoms with Crippen LogP contribution in [0.3, 0.4) is 0 Å². The lowest BCUT2D eigenvalue weighted by Crippen LogP contribution is -3.11. The molecule has 35 heavy (non-hydrogen) atoms. The number of rotatable bonds is 10. The number of aromatic nitrogens is 3. The topological polar surface area (TPSA) is 53.5 Å². The zero-order valence-electron chi connectivity index (χ0n) is 19.9. The Balaban J connectivity index is 1.85. The van der Waals surface area contributed by atoms with Crippen LogP contribution in [0.4, 0.5) is 0 Å². The molecule has 0 amide bonds. The Labute approximate surface area is 223 Å². The standard InChI is InChI=1S/C25H27ClN4O2S3/c1-4-28(5-2)14-15-29-22-21(35-25(29)33)23(31)30(19-8-6-7-9-20(19)32-3)24(27-22)34-16-17-10-12-18(26)13-11-17/h6-13H,4-5,14-16H2,1-3H3/p+1. The van der Waals surface area contributed by atoms with Crippen LogP contribution < -0.4 is 15.2 Å². The number of benzene rings is 2. The average molecular weight is 548 g/mol. The molecule has 1 N–H and O–H groups in total. The first-order valence-electron chi connectivity index (χ1n) is 11.5. The van der Waals surface area contributed by atoms with E-state index >= 15 is 0 Å². The zero-order valence-corrected chi connectivity index (χ0v) is 23.1. The molecule has 6 nitrogen and oxygen atoms in total. The SMILES string of the molecule is CC[NH+](CC)CCn1c(=S)sc2c(=O)n(-c3ccccc3OC)c(SCc3ccc(Cl)cc3)nc21. The number of nitrogens with zero attached hydrogens (tertiary/aromatic N) is 3. The molecule has 0 aliphatic rings. The minimum atomic E-state index is -0.136. The molecule has 184 valence electrons. The summed E-state index contributed by atoms with van der Waals surface area (Å²) in [7, 11) is 1.60. The van der Waals surface area contributed by atoms with Gasteiger partial charge in [-0.15, -0.1) is 0 Å². The molecule has 2 heterocycles. The van der Waals surface area contributed by atoms with Crippen molar-refractivity contribution >= 4 is 57.3 Å². The van der Waals surface area contributed by atoms with E-state index in [9.17, 15) is 4.79 Å². The summed E-state index contributed by atoms with van der Waals surface area (Å²) in [6, 6.07) is 15.2. The van der Waals surface area contributed by atoms with E-state index in [1.165, 1.54) is 28.0 Å². The predicted octanol–water partition coefficient (Wildman–Crippen LogP) is 4.86. The quantitative estimate of drug-likeness (QED) is 0.175. The summed E-state index contributed by atoms with van der Waals surface area (Å²) in [5.74, 6) is 1.25. The smallest absolute Gasteiger partial charge is 0.278 e. The zero-order chi connectivity index (χ0) is 24.9. The van der Waals surface area contributed by atoms with Crippen LogP contribution in [-0.2, 0) is 12.3 Å². The van der Waals surface area contributed by atoms with Gasteiger partial charge in [0.2, 0.25) is 0 Å². The summed E-state index contributed by atoms with van der Waals surface area (Å²) < 4.78 is 10.5. The van der Waals surface area contributed by atoms with E-state index in [2.05, 4.69) is 13.8 Å². The molecule has 2 aromatic heterocycles. The molecular weight excluding hydrogens is 520 g/mol. The van der Waals surface area contributed by atoms with Crippen LogP contribution in [0.1, 0.15) is 19.4 Å². The summed E-state index contributed by atoms with van der Waals surface area (Å²) in [6.45, 7) is 8.10. The molecular formula is C25H28ClN4O2S3+. The summed E-state index contributed by atoms with van der Waals surface area (Å²) >= 11 is 14.6. The molecule has 0 unspecified atom stereocenters. The Hall–Kier alpha value is -2.17. The fourth-order valence-electron chi connectivity index (χ4n) is 3.90. The molecule has 0 saturated carbocycles. The highest BCUT2D eigenvalue weighted by Gasteiger charge is 2.20. The Kier molecular flexibility index (Phi) is 8.67. The van der Waals surface area contributed by atoms with Gasteiger partial charge in [0.05, 0.1) is 39.0 Å². The third-order valence-electron chi connectivity index (χ3n) is 5.95. The Morgan fingerprint density at radius 1 is 1.14 bits per heavy atom. The van der Waals surface area contributed by atoms with E-state index in [1.54, 1.807) is 11.7 Å². The normalized spacial score (nSPS) is 11.5. The second-order valence-corrected chi connectivity index (χ2v) is 11.0. The van der Waals surface area contributed by atoms with Gasteiger partial charge in [-0.3, -0.25) is 9.36 Å². The number of ether oxygens (including phenoxy) is 1. The van der Waals surface area contributed by atoms with Crippen molar-refractivity contribution in [1.82, 2.24) is 14.1 Å². The van der Waals surface area contributed by atoms with Crippen molar-refractivity contribution in [2.45, 2.75) is 31.3 Å². The number of hydrogen-bond acceptors (Lipinski definition) is 6. The van der Waals surface area contributed by atoms with E-state index in [-0.39, 0.29) is 5.56 Å². The van der Waals surface area contributed by atoms with Gasteiger partial charge in [-0.25, -0.2) is 4.98 Å². The molecule has 0 fully saturated rings. The number of methoxy groups -OCH3 is 1. The van der Waals surface area contributed by atoms with E-state index in [4.69, 9.17) is 33.5 Å². The van der Waals surface area contributed by atoms with Crippen LogP contribution in [0.5, 0.6) is 5.75 Å². The largest absolute Gasteiger partial charge is 0.495 e. The van der Waals surface area contributed by atoms with Crippen molar-refractivity contribution in [2.24, 2.45) is 0 Å². The molecule has 4 aromatic rings. The van der Waals surface area contributed by atoms with Crippen LogP contribution in [-0.4, -0.2) is 40.9 Å². The Morgan fingerprint density at radius 2 is 1.86 bits per heavy atom. The van der Waals surface area contributed by atoms with Gasteiger partial charge in [0.1, 0.15) is 10.4 Å². The Morgan fingerprint density at radius 3 is 2.54 bits per heavy atom. The second-order valence-electron chi connectivity index (χ2n) is 8.00. The number of nitrogens with one attached hydrogen (secondary N) is 1. The maximum absolute atomic E-state index is 13.9. The van der Waals surface area contributed by atoms with Gasteiger partial charge in [0.25, 0.3) is 5.56 Å². The molecule has 0 atom stereocenters. The molecule has 0 radical (unpaired) electrons. The van der Waals surface area contributed by atoms with Gasteiger partial charge in [0, 0.05) is 10.8 Å². The first-order chi connectivity index (χ1) is 17.0. The van der Waals surface area contributed by atoms with Crippen molar-refractivity contribution in [3.8, 4) is 11.4 Å². The molecule has 0 bridgehead atoms. The van der Waals surface area contributed by atoms with Crippen molar-refractivity contribution in [1.29, 1.82) is 0 Å². The fraction of sp³-hybridized carbons (Fsp3) is 0.320. The number of halogens is 1. The fourth-order valence-corrected chi connectivity index (χ4v) is 6.29. The molecule has 0 aliphatic heterocycles. The first kappa shape index (κ1) is 25.9. The number of thiazole rings is 1. The average Bonchev–Trinajstić information content (AvgIpc) is 3.19. The van der Waals surface area contributed by atoms with Gasteiger partial charge in [-0.1, -0.05) is 59.0 Å². The maximum Gasteiger partial charge on any atom is 0.278 e. The lowest BCUT2D eigenvalue weighted by atomic mass is 10.2. The minimum Gasteiger partial charge on any atom is -0.495 e. The summed E-state index contributed by atoms with van der Waals surface area (Å²) in [5.41, 5.74) is 2.27. The highest BCUT2D eigenvalue weighted by atomic mass is 35.5. The lowest BCUT2D eigenvalue weighted by Gasteiger charge is -2.17. The minimum absolute atomic E-state index is 0.136. The van der Waals surface area contributed by atoms with Crippen molar-refractivity contribution in [2.75, 3.05) is 26.7 Å². The van der Waals surface area contributed by atoms with Crippen molar-refractivity contribution in [3.05, 3.63) is 73.4 Å². The first-order valence-corrected chi connectivity index (χ1v) is 14.1. The van der Waals surface area contributed by atoms with Crippen LogP contribution in [0, 0.1) is 3.95 Å². The molecule has 10 heteroatoms. The number of quaternary nitrogens is 1. The van der Waals surface area contributed by atoms with E-state index in [0.717, 1.165) is 31.7 Å². The molecule has 0 spiro atoms. The van der Waals surface area contributed by atoms with Crippen LogP contribution in [0.2, 0.25) is 5.02 Å². The molecule has 0 saturated heterocycles. The number of fused-ring (bicyclic) bond motifs is 1. The van der Waals surface area contributed by atoms with Gasteiger partial charge >= 0.3 is 0 Å². The predicted molar refractivity (Wildman–Crippen MR) is 149 cm³/mol. The number of para-hydroxylation sites is 2. The number of thioether (sulfide) groups is 1. The third kappa shape index (κ3) is 5.65. The van der Waals surface area contributed by atoms with Crippen molar-refractivity contribution < 1.29 is 9.64 Å². The van der Waals surface area contributed by atoms with Gasteiger partial charge in [-0.05, 0) is 55.9 Å². The van der Waals surface area contributed by atoms with Gasteiger partial charge in [-0.2, -0.15) is 0 Å². The van der Waals surface area contributed by atoms with Crippen LogP contribution in [0.25, 0.3) is 16.0 Å². The summed E-state index contributed by atoms with van der Waals surface area (Å²) in [4.78, 5) is 20.4. The molecule has 0 aliphatic carbocycles. The molecule has 2 aromatic carbocycles. The van der Waals surface area contributed by atoms with E-state index < -0.39 is 0 Å². The van der Waals surface area contributed by atoms with E-state index in [1.807, 2.05) is 53.1 Å². The summed E-state index contributed by atoms with van der Waals surface area (Å²) in [5, 5.41) is 1.29. The van der Waals surface area contributed by atoms with Crippen molar-refractivity contribution in [3.63, 3.8) is 0 Å². The number of hydrogen-bond donors (Lipinski definition) is 1. The van der Waals surface area contributed by atoms with Crippen LogP contribution >= 0.6 is 46.9 Å². The third-order valence-corrected chi connectivity index (χ3v) is 8.64. The monoisotopic (exact) mass is 547 g/mol. The second kappa shape index (κ2) is 11.7. The van der Waals surface area contributed by atoms with E-state index in [0.29, 0.717) is 41.7 Å². The highest BCUT2D eigenvalue weighted by molar-refractivity contribution is 7.98. The highest BCUT2D eigenvalue weighted by Crippen LogP contribution is 2.30. The Bertz CT molecular complexity index is 1430. The van der Waals surface area contributed by atoms with Gasteiger partial charge in [0.15, 0.2) is 14.8 Å². The maximum atomic E-state index is 13.9. The lowest BCUT2D eigenvalue weighted by molar-refractivity contribution is -0.897. The number of likely N-dealkylation sites (N-methyl/N-ethyl adjacent to an activating group) is 1.